The van der Waals surface area contributed by atoms with Gasteiger partial charge in [0.1, 0.15) is 6.61 Å². The van der Waals surface area contributed by atoms with Crippen molar-refractivity contribution in [1.29, 1.82) is 0 Å². The molecule has 1 saturated heterocycles. The summed E-state index contributed by atoms with van der Waals surface area (Å²) in [5.74, 6) is -0.0728. The van der Waals surface area contributed by atoms with E-state index in [4.69, 9.17) is 4.74 Å². The van der Waals surface area contributed by atoms with E-state index in [1.54, 1.807) is 13.0 Å². The van der Waals surface area contributed by atoms with Crippen LogP contribution in [0, 0.1) is 12.8 Å². The van der Waals surface area contributed by atoms with Gasteiger partial charge in [0.05, 0.1) is 18.8 Å². The molecule has 2 atom stereocenters. The Kier molecular flexibility index (Phi) is 5.73. The van der Waals surface area contributed by atoms with Crippen LogP contribution in [0.5, 0.6) is 0 Å². The van der Waals surface area contributed by atoms with Gasteiger partial charge >= 0.3 is 0 Å². The Morgan fingerprint density at radius 2 is 2.12 bits per heavy atom. The fourth-order valence-corrected chi connectivity index (χ4v) is 3.31. The van der Waals surface area contributed by atoms with Crippen LogP contribution in [-0.2, 0) is 9.53 Å². The van der Waals surface area contributed by atoms with Crippen molar-refractivity contribution in [3.8, 4) is 0 Å². The largest absolute Gasteiger partial charge is 0.389 e. The lowest BCUT2D eigenvalue weighted by Crippen LogP contribution is -2.44. The SMILES string of the molecule is Cc1cc(C(=O)N2C[C@@H](O)[C@H](NC(=O)COCC3CCC3)C2)cc(=O)[nH]1. The van der Waals surface area contributed by atoms with E-state index in [1.165, 1.54) is 17.4 Å². The maximum atomic E-state index is 12.5. The molecule has 0 aromatic carbocycles. The number of rotatable bonds is 6. The minimum Gasteiger partial charge on any atom is -0.389 e. The molecular formula is C18H25N3O5. The number of nitrogens with zero attached hydrogens (tertiary/aromatic N) is 1. The van der Waals surface area contributed by atoms with E-state index in [0.717, 1.165) is 12.8 Å². The summed E-state index contributed by atoms with van der Waals surface area (Å²) < 4.78 is 5.40. The number of aryl methyl sites for hydroxylation is 1. The number of aliphatic hydroxyl groups is 1. The lowest BCUT2D eigenvalue weighted by atomic mass is 9.86. The molecule has 26 heavy (non-hydrogen) atoms. The zero-order valence-electron chi connectivity index (χ0n) is 14.9. The maximum absolute atomic E-state index is 12.5. The molecule has 0 spiro atoms. The fourth-order valence-electron chi connectivity index (χ4n) is 3.31. The van der Waals surface area contributed by atoms with Gasteiger partial charge in [-0.2, -0.15) is 0 Å². The molecule has 8 heteroatoms. The molecule has 1 saturated carbocycles. The van der Waals surface area contributed by atoms with Gasteiger partial charge in [-0.25, -0.2) is 0 Å². The standard InChI is InChI=1S/C18H25N3O5/c1-11-5-13(6-16(23)19-11)18(25)21-7-14(15(22)8-21)20-17(24)10-26-9-12-3-2-4-12/h5-6,12,14-15,22H,2-4,7-10H2,1H3,(H,19,23)(H,20,24)/t14-,15-/m1/s1. The van der Waals surface area contributed by atoms with Crippen molar-refractivity contribution in [1.82, 2.24) is 15.2 Å². The number of β-amino-alcohol motifs (C(OH)–C–C–N with tert-alkyl or cyclic N) is 1. The molecule has 0 radical (unpaired) electrons. The Morgan fingerprint density at radius 3 is 2.77 bits per heavy atom. The average molecular weight is 363 g/mol. The van der Waals surface area contributed by atoms with Gasteiger partial charge in [-0.3, -0.25) is 14.4 Å². The highest BCUT2D eigenvalue weighted by molar-refractivity contribution is 5.94. The number of carbonyl (C=O) groups excluding carboxylic acids is 2. The molecule has 1 aliphatic carbocycles. The Balaban J connectivity index is 1.50. The quantitative estimate of drug-likeness (QED) is 0.648. The molecule has 142 valence electrons. The summed E-state index contributed by atoms with van der Waals surface area (Å²) in [6.45, 7) is 2.55. The molecule has 3 rings (SSSR count). The molecular weight excluding hydrogens is 338 g/mol. The molecule has 2 fully saturated rings. The fraction of sp³-hybridized carbons (Fsp3) is 0.611. The van der Waals surface area contributed by atoms with E-state index in [1.807, 2.05) is 0 Å². The van der Waals surface area contributed by atoms with Gasteiger partial charge < -0.3 is 25.0 Å². The molecule has 1 aliphatic heterocycles. The number of hydrogen-bond acceptors (Lipinski definition) is 5. The van der Waals surface area contributed by atoms with Crippen LogP contribution in [0.4, 0.5) is 0 Å². The smallest absolute Gasteiger partial charge is 0.254 e. The van der Waals surface area contributed by atoms with Crippen molar-refractivity contribution in [2.24, 2.45) is 5.92 Å². The first-order valence-corrected chi connectivity index (χ1v) is 8.98. The van der Waals surface area contributed by atoms with Gasteiger partial charge in [-0.05, 0) is 31.7 Å². The minimum absolute atomic E-state index is 0.0408. The number of pyridine rings is 1. The van der Waals surface area contributed by atoms with Crippen LogP contribution in [0.1, 0.15) is 35.3 Å². The molecule has 1 aromatic heterocycles. The van der Waals surface area contributed by atoms with Gasteiger partial charge in [0, 0.05) is 30.4 Å². The molecule has 0 unspecified atom stereocenters. The molecule has 2 amide bonds. The second kappa shape index (κ2) is 8.01. The van der Waals surface area contributed by atoms with Crippen molar-refractivity contribution in [3.63, 3.8) is 0 Å². The predicted molar refractivity (Wildman–Crippen MR) is 93.8 cm³/mol. The predicted octanol–water partition coefficient (Wildman–Crippen LogP) is -0.198. The molecule has 3 N–H and O–H groups in total. The van der Waals surface area contributed by atoms with Crippen molar-refractivity contribution < 1.29 is 19.4 Å². The summed E-state index contributed by atoms with van der Waals surface area (Å²) in [4.78, 5) is 40.1. The van der Waals surface area contributed by atoms with Crippen molar-refractivity contribution >= 4 is 11.8 Å². The first-order valence-electron chi connectivity index (χ1n) is 8.98. The Hall–Kier alpha value is -2.19. The maximum Gasteiger partial charge on any atom is 0.254 e. The summed E-state index contributed by atoms with van der Waals surface area (Å²) in [5, 5.41) is 12.9. The van der Waals surface area contributed by atoms with Crippen LogP contribution < -0.4 is 10.9 Å². The highest BCUT2D eigenvalue weighted by Crippen LogP contribution is 2.26. The topological polar surface area (TPSA) is 112 Å². The van der Waals surface area contributed by atoms with Gasteiger partial charge in [0.25, 0.3) is 5.91 Å². The molecule has 8 nitrogen and oxygen atoms in total. The van der Waals surface area contributed by atoms with Gasteiger partial charge in [-0.15, -0.1) is 0 Å². The number of hydrogen-bond donors (Lipinski definition) is 3. The third-order valence-electron chi connectivity index (χ3n) is 4.96. The van der Waals surface area contributed by atoms with E-state index >= 15 is 0 Å². The third kappa shape index (κ3) is 4.50. The molecule has 2 heterocycles. The van der Waals surface area contributed by atoms with Crippen LogP contribution in [0.15, 0.2) is 16.9 Å². The summed E-state index contributed by atoms with van der Waals surface area (Å²) >= 11 is 0. The Bertz CT molecular complexity index is 728. The lowest BCUT2D eigenvalue weighted by Gasteiger charge is -2.24. The highest BCUT2D eigenvalue weighted by Gasteiger charge is 2.35. The van der Waals surface area contributed by atoms with Gasteiger partial charge in [0.15, 0.2) is 0 Å². The normalized spacial score (nSPS) is 22.9. The minimum atomic E-state index is -0.849. The van der Waals surface area contributed by atoms with E-state index in [2.05, 4.69) is 10.3 Å². The highest BCUT2D eigenvalue weighted by atomic mass is 16.5. The van der Waals surface area contributed by atoms with Crippen LogP contribution >= 0.6 is 0 Å². The number of nitrogens with one attached hydrogen (secondary N) is 2. The summed E-state index contributed by atoms with van der Waals surface area (Å²) in [5.41, 5.74) is 0.518. The first-order chi connectivity index (χ1) is 12.4. The van der Waals surface area contributed by atoms with Crippen LogP contribution in [0.2, 0.25) is 0 Å². The number of ether oxygens (including phenoxy) is 1. The zero-order chi connectivity index (χ0) is 18.7. The molecule has 0 bridgehead atoms. The molecule has 2 aliphatic rings. The summed E-state index contributed by atoms with van der Waals surface area (Å²) in [6.07, 6.45) is 2.69. The second-order valence-corrected chi connectivity index (χ2v) is 7.18. The van der Waals surface area contributed by atoms with E-state index in [0.29, 0.717) is 18.2 Å². The first kappa shape index (κ1) is 18.6. The van der Waals surface area contributed by atoms with Crippen molar-refractivity contribution in [2.45, 2.75) is 38.3 Å². The number of amides is 2. The third-order valence-corrected chi connectivity index (χ3v) is 4.96. The number of carbonyl (C=O) groups is 2. The number of aromatic amines is 1. The second-order valence-electron chi connectivity index (χ2n) is 7.18. The van der Waals surface area contributed by atoms with E-state index in [9.17, 15) is 19.5 Å². The number of likely N-dealkylation sites (tertiary alicyclic amines) is 1. The van der Waals surface area contributed by atoms with Gasteiger partial charge in [-0.1, -0.05) is 6.42 Å². The van der Waals surface area contributed by atoms with Crippen molar-refractivity contribution in [2.75, 3.05) is 26.3 Å². The average Bonchev–Trinajstić information content (AvgIpc) is 2.89. The Morgan fingerprint density at radius 1 is 1.35 bits per heavy atom. The zero-order valence-corrected chi connectivity index (χ0v) is 14.9. The number of aliphatic hydroxyl groups excluding tert-OH is 1. The van der Waals surface area contributed by atoms with Gasteiger partial charge in [0.2, 0.25) is 11.5 Å². The summed E-state index contributed by atoms with van der Waals surface area (Å²) in [6, 6.07) is 2.29. The van der Waals surface area contributed by atoms with Crippen LogP contribution in [0.3, 0.4) is 0 Å². The molecule has 1 aromatic rings. The number of H-pyrrole nitrogens is 1. The van der Waals surface area contributed by atoms with Crippen LogP contribution in [-0.4, -0.2) is 65.3 Å². The van der Waals surface area contributed by atoms with Crippen molar-refractivity contribution in [3.05, 3.63) is 33.7 Å². The summed E-state index contributed by atoms with van der Waals surface area (Å²) in [7, 11) is 0. The number of aromatic nitrogens is 1. The van der Waals surface area contributed by atoms with E-state index in [-0.39, 0.29) is 42.6 Å². The lowest BCUT2D eigenvalue weighted by molar-refractivity contribution is -0.127. The Labute approximate surface area is 151 Å². The monoisotopic (exact) mass is 363 g/mol. The van der Waals surface area contributed by atoms with E-state index < -0.39 is 12.1 Å². The van der Waals surface area contributed by atoms with Crippen LogP contribution in [0.25, 0.3) is 0 Å².